The number of carboxylic acids is 1. The van der Waals surface area contributed by atoms with Crippen molar-refractivity contribution in [2.75, 3.05) is 32.2 Å². The van der Waals surface area contributed by atoms with Gasteiger partial charge in [-0.1, -0.05) is 48.5 Å². The number of amides is 2. The Morgan fingerprint density at radius 1 is 1.00 bits per heavy atom. The number of ether oxygens (including phenoxy) is 2. The second-order valence-electron chi connectivity index (χ2n) is 7.81. The standard InChI is InChI=1S/C28H30N2O5/c1-4-35-26(27(31)32)18-21-8-12-22(13-9-21)23-6-5-7-24(19-23)30(2)28(33)29-17-16-20-10-14-25(34-3)15-11-20/h5-15,18-19H,4,16-17H2,1-3H3,(H,29,33)(H,31,32)/b26-18-. The molecule has 35 heavy (non-hydrogen) atoms. The van der Waals surface area contributed by atoms with E-state index in [4.69, 9.17) is 9.47 Å². The maximum absolute atomic E-state index is 12.7. The number of carbonyl (C=O) groups is 2. The third kappa shape index (κ3) is 7.11. The fourth-order valence-electron chi connectivity index (χ4n) is 3.48. The molecule has 2 N–H and O–H groups in total. The van der Waals surface area contributed by atoms with Gasteiger partial charge < -0.3 is 19.9 Å². The topological polar surface area (TPSA) is 88.1 Å². The molecule has 0 heterocycles. The monoisotopic (exact) mass is 474 g/mol. The van der Waals surface area contributed by atoms with Crippen molar-refractivity contribution in [1.82, 2.24) is 5.32 Å². The number of methoxy groups -OCH3 is 1. The number of nitrogens with one attached hydrogen (secondary N) is 1. The Morgan fingerprint density at radius 2 is 1.71 bits per heavy atom. The van der Waals surface area contributed by atoms with E-state index in [2.05, 4.69) is 5.32 Å². The molecule has 0 spiro atoms. The van der Waals surface area contributed by atoms with Crippen LogP contribution in [0.2, 0.25) is 0 Å². The van der Waals surface area contributed by atoms with Gasteiger partial charge >= 0.3 is 12.0 Å². The van der Waals surface area contributed by atoms with Crippen molar-refractivity contribution in [3.8, 4) is 16.9 Å². The number of carboxylic acid groups (broad SMARTS) is 1. The van der Waals surface area contributed by atoms with Crippen molar-refractivity contribution >= 4 is 23.8 Å². The minimum Gasteiger partial charge on any atom is -0.497 e. The molecule has 0 aliphatic carbocycles. The normalized spacial score (nSPS) is 11.0. The van der Waals surface area contributed by atoms with Crippen LogP contribution in [0.4, 0.5) is 10.5 Å². The lowest BCUT2D eigenvalue weighted by Gasteiger charge is -2.19. The highest BCUT2D eigenvalue weighted by atomic mass is 16.5. The summed E-state index contributed by atoms with van der Waals surface area (Å²) in [7, 11) is 3.37. The van der Waals surface area contributed by atoms with E-state index in [-0.39, 0.29) is 18.4 Å². The van der Waals surface area contributed by atoms with Gasteiger partial charge in [-0.3, -0.25) is 4.90 Å². The number of hydrogen-bond donors (Lipinski definition) is 2. The Bertz CT molecular complexity index is 1170. The molecule has 0 aliphatic rings. The van der Waals surface area contributed by atoms with E-state index in [0.29, 0.717) is 6.54 Å². The van der Waals surface area contributed by atoms with E-state index in [1.54, 1.807) is 26.0 Å². The van der Waals surface area contributed by atoms with E-state index in [9.17, 15) is 14.7 Å². The van der Waals surface area contributed by atoms with Crippen molar-refractivity contribution < 1.29 is 24.2 Å². The summed E-state index contributed by atoms with van der Waals surface area (Å²) in [6.45, 7) is 2.54. The zero-order chi connectivity index (χ0) is 25.2. The quantitative estimate of drug-likeness (QED) is 0.311. The molecule has 0 radical (unpaired) electrons. The van der Waals surface area contributed by atoms with Crippen LogP contribution < -0.4 is 15.0 Å². The van der Waals surface area contributed by atoms with Crippen LogP contribution in [0.1, 0.15) is 18.1 Å². The number of aliphatic carboxylic acids is 1. The second-order valence-corrected chi connectivity index (χ2v) is 7.81. The van der Waals surface area contributed by atoms with Crippen LogP contribution >= 0.6 is 0 Å². The van der Waals surface area contributed by atoms with Gasteiger partial charge in [-0.25, -0.2) is 9.59 Å². The van der Waals surface area contributed by atoms with Crippen molar-refractivity contribution in [3.05, 3.63) is 89.7 Å². The predicted octanol–water partition coefficient (Wildman–Crippen LogP) is 5.21. The smallest absolute Gasteiger partial charge is 0.371 e. The number of urea groups is 1. The summed E-state index contributed by atoms with van der Waals surface area (Å²) in [5.41, 5.74) is 4.50. The molecule has 0 bridgehead atoms. The fraction of sp³-hybridized carbons (Fsp3) is 0.214. The maximum atomic E-state index is 12.7. The highest BCUT2D eigenvalue weighted by molar-refractivity contribution is 5.92. The Hall–Kier alpha value is -4.26. The molecule has 182 valence electrons. The number of carbonyl (C=O) groups excluding carboxylic acids is 1. The van der Waals surface area contributed by atoms with Crippen LogP contribution in [0.3, 0.4) is 0 Å². The first-order chi connectivity index (χ1) is 16.9. The van der Waals surface area contributed by atoms with Crippen LogP contribution in [0.25, 0.3) is 17.2 Å². The Balaban J connectivity index is 1.63. The van der Waals surface area contributed by atoms with Gasteiger partial charge in [-0.05, 0) is 65.9 Å². The van der Waals surface area contributed by atoms with Crippen molar-refractivity contribution in [1.29, 1.82) is 0 Å². The van der Waals surface area contributed by atoms with Crippen molar-refractivity contribution in [3.63, 3.8) is 0 Å². The Labute approximate surface area is 205 Å². The molecule has 0 fully saturated rings. The lowest BCUT2D eigenvalue weighted by molar-refractivity contribution is -0.136. The van der Waals surface area contributed by atoms with E-state index in [1.807, 2.05) is 72.8 Å². The largest absolute Gasteiger partial charge is 0.497 e. The average Bonchev–Trinajstić information content (AvgIpc) is 2.88. The zero-order valence-corrected chi connectivity index (χ0v) is 20.2. The van der Waals surface area contributed by atoms with E-state index >= 15 is 0 Å². The third-order valence-electron chi connectivity index (χ3n) is 5.44. The molecule has 0 saturated carbocycles. The van der Waals surface area contributed by atoms with Crippen LogP contribution in [0.5, 0.6) is 5.75 Å². The van der Waals surface area contributed by atoms with Gasteiger partial charge in [0, 0.05) is 19.3 Å². The number of nitrogens with zero attached hydrogens (tertiary/aromatic N) is 1. The summed E-state index contributed by atoms with van der Waals surface area (Å²) in [4.78, 5) is 25.5. The highest BCUT2D eigenvalue weighted by Gasteiger charge is 2.12. The van der Waals surface area contributed by atoms with Crippen LogP contribution in [-0.2, 0) is 16.0 Å². The lowest BCUT2D eigenvalue weighted by atomic mass is 10.0. The van der Waals surface area contributed by atoms with Crippen molar-refractivity contribution in [2.24, 2.45) is 0 Å². The number of benzene rings is 3. The number of hydrogen-bond acceptors (Lipinski definition) is 4. The molecular formula is C28H30N2O5. The minimum atomic E-state index is -1.10. The molecule has 7 heteroatoms. The SMILES string of the molecule is CCO/C(=C\c1ccc(-c2cccc(N(C)C(=O)NCCc3ccc(OC)cc3)c2)cc1)C(=O)O. The average molecular weight is 475 g/mol. The van der Waals surface area contributed by atoms with Gasteiger partial charge in [0.1, 0.15) is 5.75 Å². The van der Waals surface area contributed by atoms with Gasteiger partial charge in [0.15, 0.2) is 0 Å². The summed E-state index contributed by atoms with van der Waals surface area (Å²) in [6.07, 6.45) is 2.22. The molecule has 3 rings (SSSR count). The number of rotatable bonds is 10. The first kappa shape index (κ1) is 25.4. The van der Waals surface area contributed by atoms with Gasteiger partial charge in [0.2, 0.25) is 5.76 Å². The number of anilines is 1. The molecule has 7 nitrogen and oxygen atoms in total. The molecule has 3 aromatic carbocycles. The molecule has 0 aliphatic heterocycles. The molecule has 0 unspecified atom stereocenters. The van der Waals surface area contributed by atoms with Crippen molar-refractivity contribution in [2.45, 2.75) is 13.3 Å². The predicted molar refractivity (Wildman–Crippen MR) is 138 cm³/mol. The maximum Gasteiger partial charge on any atom is 0.371 e. The van der Waals surface area contributed by atoms with E-state index in [1.165, 1.54) is 6.08 Å². The zero-order valence-electron chi connectivity index (χ0n) is 20.2. The summed E-state index contributed by atoms with van der Waals surface area (Å²) in [5, 5.41) is 12.2. The molecule has 0 atom stereocenters. The Morgan fingerprint density at radius 3 is 2.34 bits per heavy atom. The van der Waals surface area contributed by atoms with E-state index < -0.39 is 5.97 Å². The van der Waals surface area contributed by atoms with Gasteiger partial charge in [0.25, 0.3) is 0 Å². The third-order valence-corrected chi connectivity index (χ3v) is 5.44. The molecule has 2 amide bonds. The first-order valence-electron chi connectivity index (χ1n) is 11.3. The van der Waals surface area contributed by atoms with Gasteiger partial charge in [-0.15, -0.1) is 0 Å². The van der Waals surface area contributed by atoms with Gasteiger partial charge in [0.05, 0.1) is 13.7 Å². The summed E-state index contributed by atoms with van der Waals surface area (Å²) in [5.74, 6) is -0.394. The minimum absolute atomic E-state index is 0.0955. The van der Waals surface area contributed by atoms with Gasteiger partial charge in [-0.2, -0.15) is 0 Å². The lowest BCUT2D eigenvalue weighted by Crippen LogP contribution is -2.38. The molecule has 0 saturated heterocycles. The Kier molecular flexibility index (Phi) is 8.89. The van der Waals surface area contributed by atoms with Crippen LogP contribution in [-0.4, -0.2) is 44.4 Å². The summed E-state index contributed by atoms with van der Waals surface area (Å²) >= 11 is 0. The highest BCUT2D eigenvalue weighted by Crippen LogP contribution is 2.25. The summed E-state index contributed by atoms with van der Waals surface area (Å²) < 4.78 is 10.3. The fourth-order valence-corrected chi connectivity index (χ4v) is 3.48. The van der Waals surface area contributed by atoms with E-state index in [0.717, 1.165) is 40.1 Å². The molecular weight excluding hydrogens is 444 g/mol. The van der Waals surface area contributed by atoms with Crippen LogP contribution in [0.15, 0.2) is 78.6 Å². The van der Waals surface area contributed by atoms with Crippen LogP contribution in [0, 0.1) is 0 Å². The molecule has 3 aromatic rings. The second kappa shape index (κ2) is 12.3. The molecule has 0 aromatic heterocycles. The first-order valence-corrected chi connectivity index (χ1v) is 11.3. The summed E-state index contributed by atoms with van der Waals surface area (Å²) in [6, 6.07) is 22.8.